The molecule has 0 radical (unpaired) electrons. The minimum atomic E-state index is -0.544. The van der Waals surface area contributed by atoms with E-state index in [1.807, 2.05) is 0 Å². The Morgan fingerprint density at radius 1 is 1.48 bits per heavy atom. The van der Waals surface area contributed by atoms with Crippen LogP contribution in [0.2, 0.25) is 0 Å². The van der Waals surface area contributed by atoms with E-state index in [1.54, 1.807) is 17.0 Å². The molecule has 1 aromatic rings. The minimum Gasteiger partial charge on any atom is -0.442 e. The number of carbonyl (C=O) groups is 2. The Bertz CT molecular complexity index is 619. The molecule has 7 nitrogen and oxygen atoms in total. The van der Waals surface area contributed by atoms with Crippen molar-refractivity contribution in [2.24, 2.45) is 0 Å². The molecule has 0 spiro atoms. The number of hydrogen-bond donors (Lipinski definition) is 1. The first-order valence-corrected chi connectivity index (χ1v) is 7.39. The summed E-state index contributed by atoms with van der Waals surface area (Å²) in [6.07, 6.45) is -0.988. The average Bonchev–Trinajstić information content (AvgIpc) is 3.14. The number of carbonyl (C=O) groups excluding carboxylic acids is 2. The minimum absolute atomic E-state index is 0.192. The molecule has 0 bridgehead atoms. The summed E-state index contributed by atoms with van der Waals surface area (Å²) in [5.74, 6) is -0.603. The van der Waals surface area contributed by atoms with Gasteiger partial charge in [-0.1, -0.05) is 0 Å². The van der Waals surface area contributed by atoms with E-state index in [2.05, 4.69) is 5.32 Å². The van der Waals surface area contributed by atoms with Crippen molar-refractivity contribution in [1.82, 2.24) is 5.32 Å². The molecule has 1 atom stereocenters. The number of ether oxygens (including phenoxy) is 2. The normalized spacial score (nSPS) is 20.8. The second-order valence-electron chi connectivity index (χ2n) is 5.49. The molecular formula is C15H18FN3O4. The summed E-state index contributed by atoms with van der Waals surface area (Å²) in [7, 11) is 0. The molecular weight excluding hydrogens is 305 g/mol. The number of nitrogens with zero attached hydrogens (tertiary/aromatic N) is 2. The SMILES string of the molecule is CC(=O)NCC1CN(c2ccc(N3CCOC3)c(F)c2)C(=O)O1. The van der Waals surface area contributed by atoms with Crippen molar-refractivity contribution in [2.75, 3.05) is 42.8 Å². The summed E-state index contributed by atoms with van der Waals surface area (Å²) in [6, 6.07) is 4.63. The lowest BCUT2D eigenvalue weighted by Gasteiger charge is -2.19. The highest BCUT2D eigenvalue weighted by Gasteiger charge is 2.33. The van der Waals surface area contributed by atoms with Gasteiger partial charge in [0.15, 0.2) is 0 Å². The Morgan fingerprint density at radius 2 is 2.30 bits per heavy atom. The third-order valence-electron chi connectivity index (χ3n) is 3.79. The molecule has 2 aliphatic heterocycles. The number of anilines is 2. The second-order valence-corrected chi connectivity index (χ2v) is 5.49. The van der Waals surface area contributed by atoms with Crippen molar-refractivity contribution in [3.05, 3.63) is 24.0 Å². The Labute approximate surface area is 132 Å². The highest BCUT2D eigenvalue weighted by Crippen LogP contribution is 2.28. The summed E-state index contributed by atoms with van der Waals surface area (Å²) in [6.45, 7) is 3.48. The van der Waals surface area contributed by atoms with Crippen molar-refractivity contribution in [3.63, 3.8) is 0 Å². The van der Waals surface area contributed by atoms with E-state index in [4.69, 9.17) is 9.47 Å². The molecule has 1 unspecified atom stereocenters. The molecule has 0 aromatic heterocycles. The Hall–Kier alpha value is -2.35. The molecule has 2 aliphatic rings. The maximum absolute atomic E-state index is 14.3. The highest BCUT2D eigenvalue weighted by atomic mass is 19.1. The standard InChI is InChI=1S/C15H18FN3O4/c1-10(20)17-7-12-8-19(15(21)23-12)11-2-3-14(13(16)6-11)18-4-5-22-9-18/h2-3,6,12H,4-5,7-9H2,1H3,(H,17,20). The van der Waals surface area contributed by atoms with Crippen LogP contribution in [0.1, 0.15) is 6.92 Å². The van der Waals surface area contributed by atoms with Gasteiger partial charge in [-0.3, -0.25) is 9.69 Å². The van der Waals surface area contributed by atoms with Gasteiger partial charge in [-0.25, -0.2) is 9.18 Å². The van der Waals surface area contributed by atoms with Crippen molar-refractivity contribution in [2.45, 2.75) is 13.0 Å². The van der Waals surface area contributed by atoms with Crippen molar-refractivity contribution < 1.29 is 23.5 Å². The number of cyclic esters (lactones) is 1. The fourth-order valence-electron chi connectivity index (χ4n) is 2.62. The topological polar surface area (TPSA) is 71.1 Å². The monoisotopic (exact) mass is 323 g/mol. The third kappa shape index (κ3) is 3.37. The Kier molecular flexibility index (Phi) is 4.33. The number of hydrogen-bond acceptors (Lipinski definition) is 5. The molecule has 2 heterocycles. The molecule has 3 rings (SSSR count). The number of rotatable bonds is 4. The van der Waals surface area contributed by atoms with Gasteiger partial charge in [-0.2, -0.15) is 0 Å². The largest absolute Gasteiger partial charge is 0.442 e. The summed E-state index contributed by atoms with van der Waals surface area (Å²) < 4.78 is 24.7. The Balaban J connectivity index is 1.70. The van der Waals surface area contributed by atoms with E-state index in [1.165, 1.54) is 17.9 Å². The first-order chi connectivity index (χ1) is 11.0. The van der Waals surface area contributed by atoms with E-state index in [0.717, 1.165) is 0 Å². The zero-order valence-corrected chi connectivity index (χ0v) is 12.8. The average molecular weight is 323 g/mol. The van der Waals surface area contributed by atoms with Gasteiger partial charge in [0, 0.05) is 13.5 Å². The molecule has 1 aromatic carbocycles. The van der Waals surface area contributed by atoms with Gasteiger partial charge in [0.25, 0.3) is 0 Å². The predicted octanol–water partition coefficient (Wildman–Crippen LogP) is 1.08. The van der Waals surface area contributed by atoms with Gasteiger partial charge in [-0.05, 0) is 18.2 Å². The summed E-state index contributed by atoms with van der Waals surface area (Å²) in [4.78, 5) is 26.0. The van der Waals surface area contributed by atoms with Crippen molar-refractivity contribution in [3.8, 4) is 0 Å². The summed E-state index contributed by atoms with van der Waals surface area (Å²) in [5, 5.41) is 2.60. The number of amides is 2. The quantitative estimate of drug-likeness (QED) is 0.898. The molecule has 1 N–H and O–H groups in total. The van der Waals surface area contributed by atoms with Crippen LogP contribution < -0.4 is 15.1 Å². The van der Waals surface area contributed by atoms with Crippen LogP contribution in [0.3, 0.4) is 0 Å². The molecule has 0 saturated carbocycles. The van der Waals surface area contributed by atoms with E-state index in [9.17, 15) is 14.0 Å². The van der Waals surface area contributed by atoms with Gasteiger partial charge >= 0.3 is 6.09 Å². The summed E-state index contributed by atoms with van der Waals surface area (Å²) >= 11 is 0. The lowest BCUT2D eigenvalue weighted by atomic mass is 10.2. The van der Waals surface area contributed by atoms with Crippen LogP contribution in [0, 0.1) is 5.82 Å². The third-order valence-corrected chi connectivity index (χ3v) is 3.79. The number of halogens is 1. The number of benzene rings is 1. The van der Waals surface area contributed by atoms with Crippen LogP contribution in [0.4, 0.5) is 20.6 Å². The summed E-state index contributed by atoms with van der Waals surface area (Å²) in [5.41, 5.74) is 0.885. The van der Waals surface area contributed by atoms with Crippen LogP contribution >= 0.6 is 0 Å². The lowest BCUT2D eigenvalue weighted by molar-refractivity contribution is -0.119. The van der Waals surface area contributed by atoms with E-state index in [-0.39, 0.29) is 19.0 Å². The zero-order valence-electron chi connectivity index (χ0n) is 12.8. The molecule has 0 aliphatic carbocycles. The van der Waals surface area contributed by atoms with Gasteiger partial charge in [0.2, 0.25) is 5.91 Å². The lowest BCUT2D eigenvalue weighted by Crippen LogP contribution is -2.33. The zero-order chi connectivity index (χ0) is 16.4. The molecule has 124 valence electrons. The molecule has 2 amide bonds. The van der Waals surface area contributed by atoms with Gasteiger partial charge in [-0.15, -0.1) is 0 Å². The van der Waals surface area contributed by atoms with Crippen LogP contribution in [-0.4, -0.2) is 51.1 Å². The van der Waals surface area contributed by atoms with Crippen molar-refractivity contribution in [1.29, 1.82) is 0 Å². The fourth-order valence-corrected chi connectivity index (χ4v) is 2.62. The molecule has 8 heteroatoms. The van der Waals surface area contributed by atoms with Crippen LogP contribution in [0.25, 0.3) is 0 Å². The smallest absolute Gasteiger partial charge is 0.414 e. The number of nitrogens with one attached hydrogen (secondary N) is 1. The van der Waals surface area contributed by atoms with E-state index in [0.29, 0.717) is 31.3 Å². The van der Waals surface area contributed by atoms with E-state index < -0.39 is 18.0 Å². The first kappa shape index (κ1) is 15.5. The van der Waals surface area contributed by atoms with Crippen LogP contribution in [-0.2, 0) is 14.3 Å². The molecule has 2 saturated heterocycles. The maximum atomic E-state index is 14.3. The highest BCUT2D eigenvalue weighted by molar-refractivity contribution is 5.90. The second kappa shape index (κ2) is 6.41. The van der Waals surface area contributed by atoms with Crippen molar-refractivity contribution >= 4 is 23.4 Å². The first-order valence-electron chi connectivity index (χ1n) is 7.39. The fraction of sp³-hybridized carbons (Fsp3) is 0.467. The van der Waals surface area contributed by atoms with E-state index >= 15 is 0 Å². The van der Waals surface area contributed by atoms with Crippen LogP contribution in [0.15, 0.2) is 18.2 Å². The molecule has 23 heavy (non-hydrogen) atoms. The van der Waals surface area contributed by atoms with Gasteiger partial charge in [0.05, 0.1) is 31.1 Å². The van der Waals surface area contributed by atoms with Gasteiger partial charge < -0.3 is 19.7 Å². The predicted molar refractivity (Wildman–Crippen MR) is 80.9 cm³/mol. The Morgan fingerprint density at radius 3 is 2.96 bits per heavy atom. The molecule has 2 fully saturated rings. The maximum Gasteiger partial charge on any atom is 0.414 e. The van der Waals surface area contributed by atoms with Crippen LogP contribution in [0.5, 0.6) is 0 Å². The van der Waals surface area contributed by atoms with Gasteiger partial charge in [0.1, 0.15) is 18.7 Å².